The zero-order valence-corrected chi connectivity index (χ0v) is 8.52. The van der Waals surface area contributed by atoms with Gasteiger partial charge >= 0.3 is 0 Å². The maximum Gasteiger partial charge on any atom is 0.158 e. The fraction of sp³-hybridized carbons (Fsp3) is 0.100. The first-order valence-electron chi connectivity index (χ1n) is 4.31. The molecule has 0 fully saturated rings. The molecule has 4 nitrogen and oxygen atoms in total. The largest absolute Gasteiger partial charge is 0.504 e. The highest BCUT2D eigenvalue weighted by Crippen LogP contribution is 2.29. The third kappa shape index (κ3) is 1.89. The van der Waals surface area contributed by atoms with Crippen LogP contribution in [0.5, 0.6) is 11.5 Å². The van der Waals surface area contributed by atoms with Crippen molar-refractivity contribution in [2.75, 3.05) is 0 Å². The van der Waals surface area contributed by atoms with Crippen LogP contribution in [0.4, 0.5) is 0 Å². The van der Waals surface area contributed by atoms with E-state index in [2.05, 4.69) is 4.98 Å². The van der Waals surface area contributed by atoms with Crippen LogP contribution in [-0.4, -0.2) is 19.8 Å². The Labute approximate surface area is 91.4 Å². The van der Waals surface area contributed by atoms with E-state index in [0.29, 0.717) is 11.7 Å². The van der Waals surface area contributed by atoms with Crippen LogP contribution in [-0.2, 0) is 6.00 Å². The predicted octanol–water partition coefficient (Wildman–Crippen LogP) is 2.16. The van der Waals surface area contributed by atoms with Gasteiger partial charge in [0.1, 0.15) is 0 Å². The van der Waals surface area contributed by atoms with Gasteiger partial charge in [0.05, 0.1) is 18.0 Å². The quantitative estimate of drug-likeness (QED) is 0.607. The van der Waals surface area contributed by atoms with Crippen LogP contribution in [0.2, 0.25) is 0 Å². The average Bonchev–Trinajstić information content (AvgIpc) is 2.70. The van der Waals surface area contributed by atoms with Crippen LogP contribution in [0, 0.1) is 0 Å². The van der Waals surface area contributed by atoms with E-state index in [1.54, 1.807) is 23.2 Å². The average molecular weight is 225 g/mol. The van der Waals surface area contributed by atoms with Gasteiger partial charge < -0.3 is 14.8 Å². The van der Waals surface area contributed by atoms with Crippen LogP contribution in [0.25, 0.3) is 11.3 Å². The van der Waals surface area contributed by atoms with E-state index in [0.717, 1.165) is 5.56 Å². The molecule has 0 bridgehead atoms. The number of phenolic OH excluding ortho intramolecular Hbond substituents is 2. The molecule has 0 aliphatic carbocycles. The van der Waals surface area contributed by atoms with E-state index in [4.69, 9.17) is 16.7 Å². The van der Waals surface area contributed by atoms with Gasteiger partial charge in [-0.25, -0.2) is 4.98 Å². The third-order valence-electron chi connectivity index (χ3n) is 2.04. The Balaban J connectivity index is 2.40. The van der Waals surface area contributed by atoms with E-state index >= 15 is 0 Å². The van der Waals surface area contributed by atoms with Gasteiger partial charge in [0.25, 0.3) is 0 Å². The molecule has 0 spiro atoms. The number of hydrogen-bond acceptors (Lipinski definition) is 3. The van der Waals surface area contributed by atoms with Crippen molar-refractivity contribution >= 4 is 11.6 Å². The summed E-state index contributed by atoms with van der Waals surface area (Å²) < 4.78 is 1.71. The van der Waals surface area contributed by atoms with Gasteiger partial charge in [-0.15, -0.1) is 11.6 Å². The number of hydrogen-bond donors (Lipinski definition) is 2. The van der Waals surface area contributed by atoms with Crippen molar-refractivity contribution < 1.29 is 10.2 Å². The van der Waals surface area contributed by atoms with Crippen molar-refractivity contribution in [1.29, 1.82) is 0 Å². The number of imidazole rings is 1. The van der Waals surface area contributed by atoms with Gasteiger partial charge in [0.2, 0.25) is 0 Å². The summed E-state index contributed by atoms with van der Waals surface area (Å²) in [6.07, 6.45) is 3.37. The van der Waals surface area contributed by atoms with E-state index in [1.165, 1.54) is 12.1 Å². The molecule has 0 aliphatic rings. The Kier molecular flexibility index (Phi) is 2.51. The summed E-state index contributed by atoms with van der Waals surface area (Å²) in [6.45, 7) is 0. The molecule has 0 atom stereocenters. The Morgan fingerprint density at radius 2 is 2.07 bits per heavy atom. The van der Waals surface area contributed by atoms with Gasteiger partial charge in [-0.3, -0.25) is 0 Å². The highest BCUT2D eigenvalue weighted by atomic mass is 35.5. The summed E-state index contributed by atoms with van der Waals surface area (Å²) in [6, 6.07) is 4.88. The Morgan fingerprint density at radius 3 is 2.67 bits per heavy atom. The third-order valence-corrected chi connectivity index (χ3v) is 2.32. The van der Waals surface area contributed by atoms with Crippen molar-refractivity contribution in [3.8, 4) is 22.8 Å². The number of phenols is 2. The van der Waals surface area contributed by atoms with Crippen LogP contribution < -0.4 is 0 Å². The van der Waals surface area contributed by atoms with Crippen molar-refractivity contribution in [2.45, 2.75) is 6.00 Å². The molecule has 0 unspecified atom stereocenters. The van der Waals surface area contributed by atoms with Gasteiger partial charge in [-0.1, -0.05) is 0 Å². The van der Waals surface area contributed by atoms with Crippen LogP contribution in [0.15, 0.2) is 30.7 Å². The number of nitrogens with zero attached hydrogens (tertiary/aromatic N) is 2. The summed E-state index contributed by atoms with van der Waals surface area (Å²) in [7, 11) is 0. The topological polar surface area (TPSA) is 58.3 Å². The first-order valence-corrected chi connectivity index (χ1v) is 4.84. The lowest BCUT2D eigenvalue weighted by molar-refractivity contribution is 0.404. The molecule has 15 heavy (non-hydrogen) atoms. The maximum absolute atomic E-state index is 9.31. The minimum Gasteiger partial charge on any atom is -0.504 e. The molecule has 5 heteroatoms. The highest BCUT2D eigenvalue weighted by molar-refractivity contribution is 6.15. The monoisotopic (exact) mass is 224 g/mol. The molecule has 0 aliphatic heterocycles. The second-order valence-corrected chi connectivity index (χ2v) is 3.34. The lowest BCUT2D eigenvalue weighted by Crippen LogP contribution is -1.84. The molecule has 0 radical (unpaired) electrons. The fourth-order valence-corrected chi connectivity index (χ4v) is 1.39. The Bertz CT molecular complexity index is 482. The number of aromatic hydroxyl groups is 2. The fourth-order valence-electron chi connectivity index (χ4n) is 1.26. The molecule has 2 aromatic rings. The van der Waals surface area contributed by atoms with Crippen molar-refractivity contribution in [2.24, 2.45) is 0 Å². The molecule has 2 rings (SSSR count). The van der Waals surface area contributed by atoms with Crippen LogP contribution in [0.1, 0.15) is 0 Å². The predicted molar refractivity (Wildman–Crippen MR) is 56.8 cm³/mol. The van der Waals surface area contributed by atoms with Gasteiger partial charge in [0, 0.05) is 11.8 Å². The summed E-state index contributed by atoms with van der Waals surface area (Å²) >= 11 is 5.62. The summed E-state index contributed by atoms with van der Waals surface area (Å²) in [5, 5.41) is 18.5. The summed E-state index contributed by atoms with van der Waals surface area (Å²) in [5.74, 6) is -0.302. The molecular weight excluding hydrogens is 216 g/mol. The van der Waals surface area contributed by atoms with Crippen molar-refractivity contribution in [3.05, 3.63) is 30.7 Å². The van der Waals surface area contributed by atoms with Gasteiger partial charge in [-0.05, 0) is 18.2 Å². The molecule has 0 saturated heterocycles. The standard InChI is InChI=1S/C10H9ClN2O2/c11-5-13-4-8(12-6-13)7-1-2-9(14)10(15)3-7/h1-4,6,14-15H,5H2. The van der Waals surface area contributed by atoms with E-state index in [1.807, 2.05) is 0 Å². The molecule has 78 valence electrons. The Morgan fingerprint density at radius 1 is 1.27 bits per heavy atom. The minimum atomic E-state index is -0.159. The smallest absolute Gasteiger partial charge is 0.158 e. The SMILES string of the molecule is Oc1ccc(-c2cn(CCl)cn2)cc1O. The van der Waals surface area contributed by atoms with Crippen molar-refractivity contribution in [3.63, 3.8) is 0 Å². The van der Waals surface area contributed by atoms with E-state index < -0.39 is 0 Å². The molecule has 1 aromatic heterocycles. The molecule has 0 amide bonds. The zero-order valence-electron chi connectivity index (χ0n) is 7.76. The van der Waals surface area contributed by atoms with Gasteiger partial charge in [-0.2, -0.15) is 0 Å². The maximum atomic E-state index is 9.31. The zero-order chi connectivity index (χ0) is 10.8. The minimum absolute atomic E-state index is 0.143. The second-order valence-electron chi connectivity index (χ2n) is 3.10. The lowest BCUT2D eigenvalue weighted by atomic mass is 10.1. The number of aromatic nitrogens is 2. The second kappa shape index (κ2) is 3.82. The molecule has 1 aromatic carbocycles. The normalized spacial score (nSPS) is 10.5. The van der Waals surface area contributed by atoms with Crippen molar-refractivity contribution in [1.82, 2.24) is 9.55 Å². The molecule has 0 saturated carbocycles. The number of benzene rings is 1. The highest BCUT2D eigenvalue weighted by Gasteiger charge is 2.05. The van der Waals surface area contributed by atoms with E-state index in [-0.39, 0.29) is 11.5 Å². The van der Waals surface area contributed by atoms with E-state index in [9.17, 15) is 5.11 Å². The lowest BCUT2D eigenvalue weighted by Gasteiger charge is -1.99. The number of rotatable bonds is 2. The Hall–Kier alpha value is -1.68. The molecule has 1 heterocycles. The first kappa shape index (κ1) is 9.86. The first-order chi connectivity index (χ1) is 7.20. The molecular formula is C10H9ClN2O2. The summed E-state index contributed by atoms with van der Waals surface area (Å²) in [4.78, 5) is 4.11. The number of halogens is 1. The van der Waals surface area contributed by atoms with Crippen LogP contribution in [0.3, 0.4) is 0 Å². The number of alkyl halides is 1. The van der Waals surface area contributed by atoms with Crippen LogP contribution >= 0.6 is 11.6 Å². The summed E-state index contributed by atoms with van der Waals surface area (Å²) in [5.41, 5.74) is 1.43. The van der Waals surface area contributed by atoms with Gasteiger partial charge in [0.15, 0.2) is 11.5 Å². The molecule has 2 N–H and O–H groups in total.